The van der Waals surface area contributed by atoms with Crippen LogP contribution in [0.4, 0.5) is 0 Å². The van der Waals surface area contributed by atoms with Crippen molar-refractivity contribution < 1.29 is 0 Å². The van der Waals surface area contributed by atoms with Crippen LogP contribution in [0.2, 0.25) is 0 Å². The zero-order valence-corrected chi connectivity index (χ0v) is 12.4. The summed E-state index contributed by atoms with van der Waals surface area (Å²) in [5.41, 5.74) is 9.71. The minimum Gasteiger partial charge on any atom is -0.320 e. The van der Waals surface area contributed by atoms with Crippen LogP contribution in [0.3, 0.4) is 0 Å². The summed E-state index contributed by atoms with van der Waals surface area (Å²) in [6.45, 7) is 6.12. The van der Waals surface area contributed by atoms with Gasteiger partial charge in [-0.05, 0) is 24.5 Å². The first-order valence-corrected chi connectivity index (χ1v) is 6.80. The Labute approximate surface area is 119 Å². The second-order valence-electron chi connectivity index (χ2n) is 5.50. The standard InChI is InChI=1S/C16H21N3O/c1-10(2)14-9-13(16(20)19(4)18-14)15(17)12-7-5-11(3)6-8-12/h5-10,15H,17H2,1-4H3. The van der Waals surface area contributed by atoms with Gasteiger partial charge in [0.05, 0.1) is 11.7 Å². The molecule has 0 aliphatic rings. The highest BCUT2D eigenvalue weighted by Gasteiger charge is 2.16. The molecule has 1 aromatic heterocycles. The topological polar surface area (TPSA) is 60.9 Å². The normalized spacial score (nSPS) is 12.7. The molecule has 4 heteroatoms. The van der Waals surface area contributed by atoms with Gasteiger partial charge < -0.3 is 5.73 Å². The Morgan fingerprint density at radius 1 is 1.20 bits per heavy atom. The lowest BCUT2D eigenvalue weighted by atomic mass is 9.98. The first kappa shape index (κ1) is 14.5. The van der Waals surface area contributed by atoms with E-state index in [9.17, 15) is 4.79 Å². The first-order chi connectivity index (χ1) is 9.40. The third-order valence-electron chi connectivity index (χ3n) is 3.47. The largest absolute Gasteiger partial charge is 0.320 e. The summed E-state index contributed by atoms with van der Waals surface area (Å²) in [4.78, 5) is 12.2. The van der Waals surface area contributed by atoms with Crippen molar-refractivity contribution in [2.24, 2.45) is 12.8 Å². The van der Waals surface area contributed by atoms with Gasteiger partial charge in [-0.1, -0.05) is 43.7 Å². The molecule has 0 amide bonds. The van der Waals surface area contributed by atoms with Crippen molar-refractivity contribution in [3.63, 3.8) is 0 Å². The molecule has 1 heterocycles. The molecule has 1 unspecified atom stereocenters. The highest BCUT2D eigenvalue weighted by Crippen LogP contribution is 2.19. The molecule has 0 aliphatic carbocycles. The van der Waals surface area contributed by atoms with Gasteiger partial charge in [0.1, 0.15) is 0 Å². The van der Waals surface area contributed by atoms with E-state index in [0.29, 0.717) is 5.56 Å². The molecule has 1 atom stereocenters. The van der Waals surface area contributed by atoms with Crippen molar-refractivity contribution in [2.75, 3.05) is 0 Å². The smallest absolute Gasteiger partial charge is 0.271 e. The molecule has 2 rings (SSSR count). The van der Waals surface area contributed by atoms with Crippen LogP contribution in [0, 0.1) is 6.92 Å². The van der Waals surface area contributed by atoms with Gasteiger partial charge in [-0.3, -0.25) is 4.79 Å². The maximum Gasteiger partial charge on any atom is 0.271 e. The number of hydrogen-bond acceptors (Lipinski definition) is 3. The van der Waals surface area contributed by atoms with E-state index < -0.39 is 6.04 Å². The summed E-state index contributed by atoms with van der Waals surface area (Å²) in [6.07, 6.45) is 0. The third kappa shape index (κ3) is 2.80. The van der Waals surface area contributed by atoms with E-state index >= 15 is 0 Å². The van der Waals surface area contributed by atoms with Crippen LogP contribution in [-0.2, 0) is 7.05 Å². The van der Waals surface area contributed by atoms with Crippen molar-refractivity contribution in [3.8, 4) is 0 Å². The predicted octanol–water partition coefficient (Wildman–Crippen LogP) is 2.26. The highest BCUT2D eigenvalue weighted by molar-refractivity contribution is 5.32. The second kappa shape index (κ2) is 5.59. The van der Waals surface area contributed by atoms with E-state index in [1.165, 1.54) is 10.2 Å². The molecule has 0 saturated carbocycles. The van der Waals surface area contributed by atoms with Crippen molar-refractivity contribution >= 4 is 0 Å². The van der Waals surface area contributed by atoms with Crippen LogP contribution in [0.1, 0.15) is 48.2 Å². The molecular formula is C16H21N3O. The van der Waals surface area contributed by atoms with Gasteiger partial charge in [0.2, 0.25) is 0 Å². The van der Waals surface area contributed by atoms with Gasteiger partial charge in [0.15, 0.2) is 0 Å². The van der Waals surface area contributed by atoms with E-state index in [4.69, 9.17) is 5.73 Å². The van der Waals surface area contributed by atoms with E-state index in [1.807, 2.05) is 51.1 Å². The Kier molecular flexibility index (Phi) is 4.04. The van der Waals surface area contributed by atoms with E-state index in [0.717, 1.165) is 11.3 Å². The molecule has 1 aromatic carbocycles. The zero-order chi connectivity index (χ0) is 14.9. The van der Waals surface area contributed by atoms with Gasteiger partial charge in [-0.2, -0.15) is 5.10 Å². The van der Waals surface area contributed by atoms with Crippen molar-refractivity contribution in [2.45, 2.75) is 32.7 Å². The SMILES string of the molecule is Cc1ccc(C(N)c2cc(C(C)C)nn(C)c2=O)cc1. The maximum atomic E-state index is 12.2. The van der Waals surface area contributed by atoms with Gasteiger partial charge >= 0.3 is 0 Å². The van der Waals surface area contributed by atoms with Crippen LogP contribution in [0.25, 0.3) is 0 Å². The van der Waals surface area contributed by atoms with Crippen LogP contribution in [-0.4, -0.2) is 9.78 Å². The fourth-order valence-electron chi connectivity index (χ4n) is 2.11. The summed E-state index contributed by atoms with van der Waals surface area (Å²) >= 11 is 0. The molecule has 2 N–H and O–H groups in total. The minimum atomic E-state index is -0.421. The Balaban J connectivity index is 2.51. The summed E-state index contributed by atoms with van der Waals surface area (Å²) in [5, 5.41) is 4.27. The van der Waals surface area contributed by atoms with Crippen LogP contribution in [0.5, 0.6) is 0 Å². The Bertz CT molecular complexity index is 656. The summed E-state index contributed by atoms with van der Waals surface area (Å²) in [6, 6.07) is 9.35. The zero-order valence-electron chi connectivity index (χ0n) is 12.4. The molecule has 0 saturated heterocycles. The lowest BCUT2D eigenvalue weighted by Gasteiger charge is -2.15. The van der Waals surface area contributed by atoms with Crippen molar-refractivity contribution in [3.05, 3.63) is 63.1 Å². The average Bonchev–Trinajstić information content (AvgIpc) is 2.41. The van der Waals surface area contributed by atoms with Crippen LogP contribution >= 0.6 is 0 Å². The van der Waals surface area contributed by atoms with E-state index in [2.05, 4.69) is 5.10 Å². The number of benzene rings is 1. The molecule has 0 spiro atoms. The molecular weight excluding hydrogens is 250 g/mol. The number of hydrogen-bond donors (Lipinski definition) is 1. The minimum absolute atomic E-state index is 0.137. The molecule has 20 heavy (non-hydrogen) atoms. The van der Waals surface area contributed by atoms with Crippen LogP contribution < -0.4 is 11.3 Å². The second-order valence-corrected chi connectivity index (χ2v) is 5.50. The monoisotopic (exact) mass is 271 g/mol. The Hall–Kier alpha value is -1.94. The summed E-state index contributed by atoms with van der Waals surface area (Å²) in [7, 11) is 1.67. The van der Waals surface area contributed by atoms with Gasteiger partial charge in [0.25, 0.3) is 5.56 Å². The number of rotatable bonds is 3. The number of aryl methyl sites for hydroxylation is 2. The molecule has 4 nitrogen and oxygen atoms in total. The molecule has 0 bridgehead atoms. The number of nitrogens with two attached hydrogens (primary N) is 1. The molecule has 106 valence electrons. The maximum absolute atomic E-state index is 12.2. The highest BCUT2D eigenvalue weighted by atomic mass is 16.1. The fraction of sp³-hybridized carbons (Fsp3) is 0.375. The fourth-order valence-corrected chi connectivity index (χ4v) is 2.11. The van der Waals surface area contributed by atoms with Crippen molar-refractivity contribution in [1.29, 1.82) is 0 Å². The Morgan fingerprint density at radius 3 is 2.35 bits per heavy atom. The number of nitrogens with zero attached hydrogens (tertiary/aromatic N) is 2. The molecule has 0 fully saturated rings. The van der Waals surface area contributed by atoms with Gasteiger partial charge in [-0.25, -0.2) is 4.68 Å². The quantitative estimate of drug-likeness (QED) is 0.931. The Morgan fingerprint density at radius 2 is 1.80 bits per heavy atom. The molecule has 0 radical (unpaired) electrons. The van der Waals surface area contributed by atoms with Gasteiger partial charge in [-0.15, -0.1) is 0 Å². The van der Waals surface area contributed by atoms with Crippen LogP contribution in [0.15, 0.2) is 35.1 Å². The van der Waals surface area contributed by atoms with Gasteiger partial charge in [0, 0.05) is 12.6 Å². The lowest BCUT2D eigenvalue weighted by Crippen LogP contribution is -2.30. The lowest BCUT2D eigenvalue weighted by molar-refractivity contribution is 0.633. The molecule has 0 aliphatic heterocycles. The number of aromatic nitrogens is 2. The van der Waals surface area contributed by atoms with Crippen molar-refractivity contribution in [1.82, 2.24) is 9.78 Å². The van der Waals surface area contributed by atoms with E-state index in [-0.39, 0.29) is 11.5 Å². The third-order valence-corrected chi connectivity index (χ3v) is 3.47. The predicted molar refractivity (Wildman–Crippen MR) is 80.8 cm³/mol. The molecule has 2 aromatic rings. The first-order valence-electron chi connectivity index (χ1n) is 6.80. The average molecular weight is 271 g/mol. The summed E-state index contributed by atoms with van der Waals surface area (Å²) in [5.74, 6) is 0.255. The summed E-state index contributed by atoms with van der Waals surface area (Å²) < 4.78 is 1.37. The van der Waals surface area contributed by atoms with E-state index in [1.54, 1.807) is 7.05 Å².